The van der Waals surface area contributed by atoms with Gasteiger partial charge in [-0.25, -0.2) is 8.42 Å². The maximum Gasteiger partial charge on any atom is 0.573 e. The van der Waals surface area contributed by atoms with Gasteiger partial charge in [-0.2, -0.15) is 5.26 Å². The lowest BCUT2D eigenvalue weighted by Crippen LogP contribution is -2.17. The van der Waals surface area contributed by atoms with Crippen LogP contribution < -0.4 is 4.74 Å². The Morgan fingerprint density at radius 2 is 1.78 bits per heavy atom. The third-order valence-electron chi connectivity index (χ3n) is 1.83. The van der Waals surface area contributed by atoms with Gasteiger partial charge >= 0.3 is 6.36 Å². The molecule has 0 bridgehead atoms. The van der Waals surface area contributed by atoms with E-state index in [1.165, 1.54) is 18.2 Å². The molecular weight excluding hydrogens is 271 g/mol. The second-order valence-electron chi connectivity index (χ2n) is 3.38. The molecule has 0 saturated carbocycles. The summed E-state index contributed by atoms with van der Waals surface area (Å²) in [5.74, 6) is -1.45. The van der Waals surface area contributed by atoms with Crippen molar-refractivity contribution < 1.29 is 26.3 Å². The first-order valence-electron chi connectivity index (χ1n) is 4.64. The number of nitriles is 1. The molecule has 0 aromatic heterocycles. The van der Waals surface area contributed by atoms with Crippen molar-refractivity contribution in [3.63, 3.8) is 0 Å². The monoisotopic (exact) mass is 279 g/mol. The summed E-state index contributed by atoms with van der Waals surface area (Å²) in [4.78, 5) is 0. The number of nitrogens with zero attached hydrogens (tertiary/aromatic N) is 1. The van der Waals surface area contributed by atoms with Gasteiger partial charge in [0.25, 0.3) is 0 Å². The van der Waals surface area contributed by atoms with Crippen molar-refractivity contribution in [3.8, 4) is 11.8 Å². The minimum atomic E-state index is -4.78. The first-order chi connectivity index (χ1) is 8.22. The zero-order valence-electron chi connectivity index (χ0n) is 8.94. The summed E-state index contributed by atoms with van der Waals surface area (Å²) in [6, 6.07) is 5.96. The lowest BCUT2D eigenvalue weighted by molar-refractivity contribution is -0.274. The van der Waals surface area contributed by atoms with Crippen LogP contribution in [-0.4, -0.2) is 20.5 Å². The van der Waals surface area contributed by atoms with Crippen LogP contribution in [0, 0.1) is 11.3 Å². The van der Waals surface area contributed by atoms with Gasteiger partial charge in [0.15, 0.2) is 9.84 Å². The number of halogens is 3. The van der Waals surface area contributed by atoms with Gasteiger partial charge < -0.3 is 4.74 Å². The van der Waals surface area contributed by atoms with Gasteiger partial charge in [0, 0.05) is 0 Å². The summed E-state index contributed by atoms with van der Waals surface area (Å²) in [6.45, 7) is 0. The van der Waals surface area contributed by atoms with Gasteiger partial charge in [-0.3, -0.25) is 0 Å². The normalized spacial score (nSPS) is 11.9. The van der Waals surface area contributed by atoms with Crippen molar-refractivity contribution >= 4 is 9.84 Å². The van der Waals surface area contributed by atoms with Gasteiger partial charge in [-0.05, 0) is 17.7 Å². The molecule has 0 N–H and O–H groups in total. The van der Waals surface area contributed by atoms with E-state index in [1.807, 2.05) is 0 Å². The van der Waals surface area contributed by atoms with Crippen molar-refractivity contribution in [1.82, 2.24) is 0 Å². The summed E-state index contributed by atoms with van der Waals surface area (Å²) in [5.41, 5.74) is 0.291. The summed E-state index contributed by atoms with van der Waals surface area (Å²) in [5, 5.41) is 8.28. The molecule has 0 amide bonds. The van der Waals surface area contributed by atoms with E-state index >= 15 is 0 Å². The Hall–Kier alpha value is -1.75. The minimum Gasteiger partial charge on any atom is -0.406 e. The summed E-state index contributed by atoms with van der Waals surface area (Å²) in [7, 11) is -3.56. The van der Waals surface area contributed by atoms with Crippen LogP contribution in [0.3, 0.4) is 0 Å². The zero-order valence-corrected chi connectivity index (χ0v) is 9.75. The molecule has 0 heterocycles. The van der Waals surface area contributed by atoms with Crippen LogP contribution in [0.2, 0.25) is 0 Å². The van der Waals surface area contributed by atoms with Gasteiger partial charge in [0.05, 0.1) is 11.8 Å². The van der Waals surface area contributed by atoms with Crippen molar-refractivity contribution in [2.24, 2.45) is 0 Å². The number of alkyl halides is 3. The van der Waals surface area contributed by atoms with E-state index in [9.17, 15) is 21.6 Å². The Balaban J connectivity index is 2.76. The number of sulfone groups is 1. The molecule has 4 nitrogen and oxygen atoms in total. The van der Waals surface area contributed by atoms with E-state index in [1.54, 1.807) is 0 Å². The average molecular weight is 279 g/mol. The number of benzene rings is 1. The van der Waals surface area contributed by atoms with Gasteiger partial charge in [0.2, 0.25) is 0 Å². The van der Waals surface area contributed by atoms with Gasteiger partial charge in [-0.1, -0.05) is 12.1 Å². The highest BCUT2D eigenvalue weighted by Gasteiger charge is 2.30. The maximum absolute atomic E-state index is 11.9. The van der Waals surface area contributed by atoms with Crippen molar-refractivity contribution in [2.75, 3.05) is 5.75 Å². The van der Waals surface area contributed by atoms with Crippen molar-refractivity contribution in [3.05, 3.63) is 29.8 Å². The van der Waals surface area contributed by atoms with Crippen LogP contribution in [0.15, 0.2) is 24.3 Å². The van der Waals surface area contributed by atoms with E-state index in [0.717, 1.165) is 12.1 Å². The van der Waals surface area contributed by atoms with E-state index in [2.05, 4.69) is 4.74 Å². The highest BCUT2D eigenvalue weighted by atomic mass is 32.2. The van der Waals surface area contributed by atoms with Gasteiger partial charge in [-0.15, -0.1) is 13.2 Å². The molecule has 0 aliphatic heterocycles. The molecule has 1 aromatic rings. The highest BCUT2D eigenvalue weighted by molar-refractivity contribution is 7.90. The molecule has 0 fully saturated rings. The van der Waals surface area contributed by atoms with E-state index < -0.39 is 33.5 Å². The third-order valence-corrected chi connectivity index (χ3v) is 3.17. The lowest BCUT2D eigenvalue weighted by Gasteiger charge is -2.09. The van der Waals surface area contributed by atoms with Crippen molar-refractivity contribution in [2.45, 2.75) is 12.1 Å². The molecule has 18 heavy (non-hydrogen) atoms. The zero-order chi connectivity index (χ0) is 13.8. The van der Waals surface area contributed by atoms with Crippen molar-refractivity contribution in [1.29, 1.82) is 5.26 Å². The number of rotatable bonds is 4. The van der Waals surface area contributed by atoms with E-state index in [0.29, 0.717) is 5.56 Å². The first kappa shape index (κ1) is 14.3. The third kappa shape index (κ3) is 5.05. The molecule has 0 aliphatic rings. The van der Waals surface area contributed by atoms with Crippen LogP contribution in [0.1, 0.15) is 5.56 Å². The molecule has 0 saturated heterocycles. The second kappa shape index (κ2) is 5.27. The Morgan fingerprint density at radius 3 is 2.22 bits per heavy atom. The summed E-state index contributed by atoms with van der Waals surface area (Å²) < 4.78 is 61.8. The summed E-state index contributed by atoms with van der Waals surface area (Å²) >= 11 is 0. The first-order valence-corrected chi connectivity index (χ1v) is 6.46. The fourth-order valence-electron chi connectivity index (χ4n) is 1.19. The summed E-state index contributed by atoms with van der Waals surface area (Å²) in [6.07, 6.45) is -4.78. The standard InChI is InChI=1S/C10H8F3NO3S/c11-10(12,13)17-9-3-1-8(2-4-9)7-18(15,16)6-5-14/h1-4H,6-7H2. The molecule has 98 valence electrons. The molecule has 1 rings (SSSR count). The predicted molar refractivity (Wildman–Crippen MR) is 56.2 cm³/mol. The molecule has 1 aromatic carbocycles. The molecule has 0 unspecified atom stereocenters. The van der Waals surface area contributed by atoms with E-state index in [4.69, 9.17) is 5.26 Å². The molecule has 0 aliphatic carbocycles. The Kier molecular flexibility index (Phi) is 4.19. The fraction of sp³-hybridized carbons (Fsp3) is 0.300. The quantitative estimate of drug-likeness (QED) is 0.845. The topological polar surface area (TPSA) is 67.2 Å². The molecule has 8 heteroatoms. The molecular formula is C10H8F3NO3S. The Labute approximate surface area is 102 Å². The minimum absolute atomic E-state index is 0.291. The highest BCUT2D eigenvalue weighted by Crippen LogP contribution is 2.23. The van der Waals surface area contributed by atoms with Crippen LogP contribution in [-0.2, 0) is 15.6 Å². The maximum atomic E-state index is 11.9. The van der Waals surface area contributed by atoms with Crippen LogP contribution >= 0.6 is 0 Å². The largest absolute Gasteiger partial charge is 0.573 e. The Bertz CT molecular complexity index is 543. The fourth-order valence-corrected chi connectivity index (χ4v) is 2.19. The number of hydrogen-bond donors (Lipinski definition) is 0. The predicted octanol–water partition coefficient (Wildman–Crippen LogP) is 2.02. The van der Waals surface area contributed by atoms with Crippen LogP contribution in [0.5, 0.6) is 5.75 Å². The van der Waals surface area contributed by atoms with E-state index in [-0.39, 0.29) is 0 Å². The second-order valence-corrected chi connectivity index (χ2v) is 5.45. The lowest BCUT2D eigenvalue weighted by atomic mass is 10.2. The average Bonchev–Trinajstić information content (AvgIpc) is 2.18. The number of hydrogen-bond acceptors (Lipinski definition) is 4. The molecule has 0 atom stereocenters. The molecule has 0 spiro atoms. The number of ether oxygens (including phenoxy) is 1. The smallest absolute Gasteiger partial charge is 0.406 e. The Morgan fingerprint density at radius 1 is 1.22 bits per heavy atom. The van der Waals surface area contributed by atoms with Crippen LogP contribution in [0.25, 0.3) is 0 Å². The molecule has 0 radical (unpaired) electrons. The van der Waals surface area contributed by atoms with Gasteiger partial charge in [0.1, 0.15) is 11.5 Å². The van der Waals surface area contributed by atoms with Crippen LogP contribution in [0.4, 0.5) is 13.2 Å². The SMILES string of the molecule is N#CCS(=O)(=O)Cc1ccc(OC(F)(F)F)cc1.